The molecule has 150 valence electrons. The molecule has 1 heterocycles. The van der Waals surface area contributed by atoms with Crippen LogP contribution in [0.2, 0.25) is 0 Å². The Hall–Kier alpha value is -2.43. The van der Waals surface area contributed by atoms with E-state index in [-0.39, 0.29) is 29.3 Å². The Morgan fingerprint density at radius 3 is 2.39 bits per heavy atom. The molecule has 1 N–H and O–H groups in total. The van der Waals surface area contributed by atoms with Gasteiger partial charge in [-0.15, -0.1) is 0 Å². The lowest BCUT2D eigenvalue weighted by Crippen LogP contribution is -2.30. The van der Waals surface area contributed by atoms with Crippen LogP contribution < -0.4 is 13.8 Å². The van der Waals surface area contributed by atoms with Crippen molar-refractivity contribution in [2.45, 2.75) is 24.8 Å². The highest BCUT2D eigenvalue weighted by Gasteiger charge is 2.36. The largest absolute Gasteiger partial charge is 0.497 e. The number of hydrogen-bond donors (Lipinski definition) is 1. The molecule has 1 amide bonds. The van der Waals surface area contributed by atoms with Crippen LogP contribution in [-0.2, 0) is 31.4 Å². The van der Waals surface area contributed by atoms with Gasteiger partial charge < -0.3 is 4.74 Å². The van der Waals surface area contributed by atoms with Crippen molar-refractivity contribution in [3.63, 3.8) is 0 Å². The Balaban J connectivity index is 1.88. The van der Waals surface area contributed by atoms with Crippen LogP contribution in [0.25, 0.3) is 0 Å². The van der Waals surface area contributed by atoms with Gasteiger partial charge in [0.15, 0.2) is 0 Å². The Labute approximate surface area is 164 Å². The third-order valence-corrected chi connectivity index (χ3v) is 7.63. The molecule has 1 aliphatic heterocycles. The molecule has 0 atom stereocenters. The second-order valence-corrected chi connectivity index (χ2v) is 10.0. The summed E-state index contributed by atoms with van der Waals surface area (Å²) in [7, 11) is -6.15. The Morgan fingerprint density at radius 1 is 1.14 bits per heavy atom. The minimum Gasteiger partial charge on any atom is -0.497 e. The fourth-order valence-corrected chi connectivity index (χ4v) is 5.60. The normalized spacial score (nSPS) is 16.4. The highest BCUT2D eigenvalue weighted by atomic mass is 32.2. The molecular formula is C18H20N2O6S2. The Morgan fingerprint density at radius 2 is 1.82 bits per heavy atom. The molecule has 8 nitrogen and oxygen atoms in total. The quantitative estimate of drug-likeness (QED) is 0.753. The highest BCUT2D eigenvalue weighted by molar-refractivity contribution is 7.94. The van der Waals surface area contributed by atoms with Gasteiger partial charge in [-0.1, -0.05) is 18.2 Å². The van der Waals surface area contributed by atoms with Gasteiger partial charge in [0.05, 0.1) is 23.4 Å². The number of ether oxygens (including phenoxy) is 1. The van der Waals surface area contributed by atoms with Gasteiger partial charge >= 0.3 is 0 Å². The number of hydrogen-bond acceptors (Lipinski definition) is 6. The van der Waals surface area contributed by atoms with Crippen LogP contribution in [0.5, 0.6) is 5.75 Å². The molecule has 0 aliphatic carbocycles. The Kier molecular flexibility index (Phi) is 5.46. The summed E-state index contributed by atoms with van der Waals surface area (Å²) in [6, 6.07) is 11.0. The molecule has 28 heavy (non-hydrogen) atoms. The number of amides is 1. The van der Waals surface area contributed by atoms with E-state index in [0.717, 1.165) is 5.56 Å². The molecule has 3 rings (SSSR count). The lowest BCUT2D eigenvalue weighted by atomic mass is 10.2. The SMILES string of the molecule is COc1ccc(CNS(=O)(=O)c2cc(N3C(=O)CCS3(=O)=O)ccc2C)cc1. The third-order valence-electron chi connectivity index (χ3n) is 4.40. The first kappa shape index (κ1) is 20.3. The van der Waals surface area contributed by atoms with Crippen LogP contribution in [0.1, 0.15) is 17.5 Å². The van der Waals surface area contributed by atoms with Crippen LogP contribution >= 0.6 is 0 Å². The zero-order chi connectivity index (χ0) is 20.5. The summed E-state index contributed by atoms with van der Waals surface area (Å²) in [5.74, 6) is -0.192. The van der Waals surface area contributed by atoms with E-state index in [1.54, 1.807) is 38.3 Å². The van der Waals surface area contributed by atoms with E-state index in [0.29, 0.717) is 15.6 Å². The van der Waals surface area contributed by atoms with Crippen molar-refractivity contribution in [2.75, 3.05) is 17.2 Å². The summed E-state index contributed by atoms with van der Waals surface area (Å²) < 4.78 is 58.0. The number of methoxy groups -OCH3 is 1. The molecule has 0 saturated carbocycles. The van der Waals surface area contributed by atoms with Gasteiger partial charge in [-0.25, -0.2) is 25.9 Å². The van der Waals surface area contributed by atoms with Gasteiger partial charge in [0.1, 0.15) is 5.75 Å². The summed E-state index contributed by atoms with van der Waals surface area (Å²) in [6.45, 7) is 1.66. The lowest BCUT2D eigenvalue weighted by molar-refractivity contribution is -0.116. The van der Waals surface area contributed by atoms with Crippen molar-refractivity contribution in [3.8, 4) is 5.75 Å². The zero-order valence-electron chi connectivity index (χ0n) is 15.4. The number of carbonyl (C=O) groups excluding carboxylic acids is 1. The molecule has 1 fully saturated rings. The molecular weight excluding hydrogens is 404 g/mol. The molecule has 0 aromatic heterocycles. The molecule has 0 bridgehead atoms. The molecule has 1 saturated heterocycles. The second-order valence-electron chi connectivity index (χ2n) is 6.35. The van der Waals surface area contributed by atoms with Gasteiger partial charge in [-0.3, -0.25) is 4.79 Å². The smallest absolute Gasteiger partial charge is 0.242 e. The Bertz CT molecular complexity index is 1110. The predicted octanol–water partition coefficient (Wildman–Crippen LogP) is 1.55. The van der Waals surface area contributed by atoms with Gasteiger partial charge in [0.2, 0.25) is 26.0 Å². The first-order valence-electron chi connectivity index (χ1n) is 8.43. The predicted molar refractivity (Wildman–Crippen MR) is 104 cm³/mol. The van der Waals surface area contributed by atoms with Gasteiger partial charge in [0.25, 0.3) is 0 Å². The topological polar surface area (TPSA) is 110 Å². The minimum atomic E-state index is -3.93. The molecule has 2 aromatic rings. The maximum absolute atomic E-state index is 12.8. The number of benzene rings is 2. The second kappa shape index (κ2) is 7.53. The number of nitrogens with zero attached hydrogens (tertiary/aromatic N) is 1. The molecule has 10 heteroatoms. The number of rotatable bonds is 6. The summed E-state index contributed by atoms with van der Waals surface area (Å²) in [5, 5.41) is 0. The maximum atomic E-state index is 12.8. The van der Waals surface area contributed by atoms with Gasteiger partial charge in [0, 0.05) is 13.0 Å². The van der Waals surface area contributed by atoms with E-state index in [9.17, 15) is 21.6 Å². The maximum Gasteiger partial charge on any atom is 0.242 e. The fourth-order valence-electron chi connectivity index (χ4n) is 2.87. The third kappa shape index (κ3) is 4.03. The van der Waals surface area contributed by atoms with Crippen molar-refractivity contribution in [1.29, 1.82) is 0 Å². The first-order chi connectivity index (χ1) is 13.1. The highest BCUT2D eigenvalue weighted by Crippen LogP contribution is 2.29. The number of nitrogens with one attached hydrogen (secondary N) is 1. The first-order valence-corrected chi connectivity index (χ1v) is 11.5. The van der Waals surface area contributed by atoms with Gasteiger partial charge in [-0.2, -0.15) is 0 Å². The van der Waals surface area contributed by atoms with Crippen molar-refractivity contribution in [1.82, 2.24) is 4.72 Å². The van der Waals surface area contributed by atoms with E-state index in [1.807, 2.05) is 0 Å². The molecule has 2 aromatic carbocycles. The number of anilines is 1. The van der Waals surface area contributed by atoms with Crippen molar-refractivity contribution >= 4 is 31.6 Å². The van der Waals surface area contributed by atoms with Crippen LogP contribution in [0, 0.1) is 6.92 Å². The summed E-state index contributed by atoms with van der Waals surface area (Å²) in [5.41, 5.74) is 1.20. The van der Waals surface area contributed by atoms with E-state index in [2.05, 4.69) is 4.72 Å². The van der Waals surface area contributed by atoms with Crippen molar-refractivity contribution < 1.29 is 26.4 Å². The molecule has 0 unspecified atom stereocenters. The van der Waals surface area contributed by atoms with Crippen molar-refractivity contribution in [3.05, 3.63) is 53.6 Å². The average molecular weight is 425 g/mol. The fraction of sp³-hybridized carbons (Fsp3) is 0.278. The standard InChI is InChI=1S/C18H20N2O6S2/c1-13-3-6-15(20-18(21)9-10-27(20,22)23)11-17(13)28(24,25)19-12-14-4-7-16(26-2)8-5-14/h3-8,11,19H,9-10,12H2,1-2H3. The molecule has 0 spiro atoms. The summed E-state index contributed by atoms with van der Waals surface area (Å²) >= 11 is 0. The minimum absolute atomic E-state index is 0.0259. The number of carbonyl (C=O) groups is 1. The van der Waals surface area contributed by atoms with Crippen LogP contribution in [0.3, 0.4) is 0 Å². The van der Waals surface area contributed by atoms with E-state index < -0.39 is 26.0 Å². The van der Waals surface area contributed by atoms with Crippen LogP contribution in [-0.4, -0.2) is 35.6 Å². The van der Waals surface area contributed by atoms with Crippen LogP contribution in [0.15, 0.2) is 47.4 Å². The van der Waals surface area contributed by atoms with Crippen molar-refractivity contribution in [2.24, 2.45) is 0 Å². The van der Waals surface area contributed by atoms with Crippen LogP contribution in [0.4, 0.5) is 5.69 Å². The number of sulfonamides is 2. The zero-order valence-corrected chi connectivity index (χ0v) is 17.0. The average Bonchev–Trinajstić information content (AvgIpc) is 2.93. The van der Waals surface area contributed by atoms with Gasteiger partial charge in [-0.05, 0) is 42.3 Å². The summed E-state index contributed by atoms with van der Waals surface area (Å²) in [4.78, 5) is 11.9. The van der Waals surface area contributed by atoms with E-state index >= 15 is 0 Å². The summed E-state index contributed by atoms with van der Waals surface area (Å²) in [6.07, 6.45) is -0.117. The number of aryl methyl sites for hydroxylation is 1. The van der Waals surface area contributed by atoms with E-state index in [1.165, 1.54) is 18.2 Å². The monoisotopic (exact) mass is 424 g/mol. The van der Waals surface area contributed by atoms with E-state index in [4.69, 9.17) is 4.74 Å². The molecule has 1 aliphatic rings. The molecule has 0 radical (unpaired) electrons. The lowest BCUT2D eigenvalue weighted by Gasteiger charge is -2.17.